The van der Waals surface area contributed by atoms with Crippen molar-refractivity contribution in [2.24, 2.45) is 0 Å². The lowest BCUT2D eigenvalue weighted by Gasteiger charge is -2.13. The lowest BCUT2D eigenvalue weighted by Crippen LogP contribution is -2.30. The quantitative estimate of drug-likeness (QED) is 0.575. The van der Waals surface area contributed by atoms with Gasteiger partial charge in [0.2, 0.25) is 0 Å². The van der Waals surface area contributed by atoms with Crippen LogP contribution >= 0.6 is 27.7 Å². The number of amides is 1. The van der Waals surface area contributed by atoms with Gasteiger partial charge in [-0.15, -0.1) is 0 Å². The van der Waals surface area contributed by atoms with E-state index in [-0.39, 0.29) is 18.0 Å². The van der Waals surface area contributed by atoms with Crippen molar-refractivity contribution in [3.8, 4) is 17.6 Å². The fraction of sp³-hybridized carbons (Fsp3) is 0.238. The highest BCUT2D eigenvalue weighted by atomic mass is 79.9. The third-order valence-corrected chi connectivity index (χ3v) is 5.97. The Balaban J connectivity index is 1.76. The number of carbonyl (C=O) groups excluding carboxylic acids is 1. The van der Waals surface area contributed by atoms with E-state index in [9.17, 15) is 4.79 Å². The number of rotatable bonds is 7. The zero-order chi connectivity index (χ0) is 20.8. The number of ether oxygens (including phenoxy) is 2. The molecule has 29 heavy (non-hydrogen) atoms. The van der Waals surface area contributed by atoms with Crippen LogP contribution in [-0.2, 0) is 11.2 Å². The largest absolute Gasteiger partial charge is 0.493 e. The predicted octanol–water partition coefficient (Wildman–Crippen LogP) is 4.52. The monoisotopic (exact) mass is 473 g/mol. The second-order valence-corrected chi connectivity index (χ2v) is 8.15. The van der Waals surface area contributed by atoms with Crippen molar-refractivity contribution in [3.63, 3.8) is 0 Å². The van der Waals surface area contributed by atoms with Gasteiger partial charge in [-0.05, 0) is 47.9 Å². The Morgan fingerprint density at radius 2 is 2.07 bits per heavy atom. The topological polar surface area (TPSA) is 83.4 Å². The van der Waals surface area contributed by atoms with Gasteiger partial charge in [0.05, 0.1) is 12.0 Å². The Morgan fingerprint density at radius 1 is 1.31 bits per heavy atom. The number of carbonyl (C=O) groups is 1. The van der Waals surface area contributed by atoms with Crippen molar-refractivity contribution in [1.82, 2.24) is 5.32 Å². The normalized spacial score (nSPS) is 17.0. The molecule has 0 spiro atoms. The number of aryl methyl sites for hydroxylation is 1. The smallest absolute Gasteiger partial charge is 0.260 e. The summed E-state index contributed by atoms with van der Waals surface area (Å²) >= 11 is 4.90. The highest BCUT2D eigenvalue weighted by molar-refractivity contribution is 9.10. The number of nitrogens with one attached hydrogen (secondary N) is 2. The van der Waals surface area contributed by atoms with Crippen LogP contribution in [0.25, 0.3) is 6.08 Å². The Hall–Kier alpha value is -2.63. The number of thioether (sulfide) groups is 1. The molecule has 1 atom stereocenters. The van der Waals surface area contributed by atoms with E-state index in [4.69, 9.17) is 14.7 Å². The van der Waals surface area contributed by atoms with Crippen LogP contribution in [0, 0.1) is 11.3 Å². The van der Waals surface area contributed by atoms with Gasteiger partial charge in [0.25, 0.3) is 5.91 Å². The number of methoxy groups -OCH3 is 1. The lowest BCUT2D eigenvalue weighted by atomic mass is 10.1. The Morgan fingerprint density at radius 3 is 2.72 bits per heavy atom. The Kier molecular flexibility index (Phi) is 7.07. The molecule has 1 amide bonds. The van der Waals surface area contributed by atoms with Crippen LogP contribution in [0.15, 0.2) is 45.8 Å². The minimum absolute atomic E-state index is 0.0753. The van der Waals surface area contributed by atoms with E-state index in [2.05, 4.69) is 45.6 Å². The van der Waals surface area contributed by atoms with Gasteiger partial charge in [-0.2, -0.15) is 5.26 Å². The number of hydrogen-bond donors (Lipinski definition) is 2. The van der Waals surface area contributed by atoms with Gasteiger partial charge in [-0.3, -0.25) is 4.79 Å². The summed E-state index contributed by atoms with van der Waals surface area (Å²) in [5.41, 5.74) is 2.74. The summed E-state index contributed by atoms with van der Waals surface area (Å²) in [6.45, 7) is 2.04. The first-order valence-corrected chi connectivity index (χ1v) is 10.6. The van der Waals surface area contributed by atoms with Crippen LogP contribution in [0.5, 0.6) is 11.5 Å². The van der Waals surface area contributed by atoms with Crippen LogP contribution in [0.3, 0.4) is 0 Å². The van der Waals surface area contributed by atoms with Gasteiger partial charge in [0.1, 0.15) is 6.07 Å². The van der Waals surface area contributed by atoms with Crippen LogP contribution in [0.1, 0.15) is 18.1 Å². The van der Waals surface area contributed by atoms with Crippen molar-refractivity contribution in [2.45, 2.75) is 18.8 Å². The average Bonchev–Trinajstić information content (AvgIpc) is 3.07. The summed E-state index contributed by atoms with van der Waals surface area (Å²) < 4.78 is 11.5. The van der Waals surface area contributed by atoms with E-state index in [1.54, 1.807) is 18.2 Å². The first-order valence-electron chi connectivity index (χ1n) is 8.96. The minimum Gasteiger partial charge on any atom is -0.493 e. The molecule has 0 bridgehead atoms. The molecule has 1 saturated heterocycles. The standard InChI is InChI=1S/C21H20BrN3O3S/c1-3-13-4-6-15(7-5-13)24-21-25-20(26)19(29-21)11-14-10-17(27-2)18(12-16(14)22)28-9-8-23/h4-7,10-12,21,24H,3,9H2,1-2H3,(H,25,26)/b19-11-/t21-/m0/s1. The van der Waals surface area contributed by atoms with Crippen molar-refractivity contribution < 1.29 is 14.3 Å². The first kappa shape index (κ1) is 21.1. The van der Waals surface area contributed by atoms with Crippen molar-refractivity contribution in [1.29, 1.82) is 5.26 Å². The van der Waals surface area contributed by atoms with E-state index < -0.39 is 0 Å². The molecule has 0 radical (unpaired) electrons. The van der Waals surface area contributed by atoms with Crippen molar-refractivity contribution in [3.05, 3.63) is 56.9 Å². The molecule has 3 rings (SSSR count). The summed E-state index contributed by atoms with van der Waals surface area (Å²) in [7, 11) is 1.53. The third-order valence-electron chi connectivity index (χ3n) is 4.25. The summed E-state index contributed by atoms with van der Waals surface area (Å²) in [6.07, 6.45) is 2.78. The predicted molar refractivity (Wildman–Crippen MR) is 119 cm³/mol. The molecule has 0 aromatic heterocycles. The summed E-state index contributed by atoms with van der Waals surface area (Å²) in [5.74, 6) is 0.805. The number of hydrogen-bond acceptors (Lipinski definition) is 6. The van der Waals surface area contributed by atoms with E-state index in [0.717, 1.165) is 22.1 Å². The van der Waals surface area contributed by atoms with Gasteiger partial charge in [0.15, 0.2) is 23.6 Å². The molecule has 150 valence electrons. The molecule has 2 aromatic carbocycles. The molecule has 2 aromatic rings. The maximum Gasteiger partial charge on any atom is 0.260 e. The molecule has 0 saturated carbocycles. The van der Waals surface area contributed by atoms with E-state index >= 15 is 0 Å². The van der Waals surface area contributed by atoms with Gasteiger partial charge in [0, 0.05) is 10.2 Å². The molecule has 2 N–H and O–H groups in total. The third kappa shape index (κ3) is 5.25. The molecular weight excluding hydrogens is 454 g/mol. The number of halogens is 1. The van der Waals surface area contributed by atoms with Crippen LogP contribution in [-0.4, -0.2) is 25.1 Å². The van der Waals surface area contributed by atoms with Gasteiger partial charge >= 0.3 is 0 Å². The lowest BCUT2D eigenvalue weighted by molar-refractivity contribution is -0.116. The minimum atomic E-state index is -0.250. The van der Waals surface area contributed by atoms with Crippen LogP contribution in [0.2, 0.25) is 0 Å². The van der Waals surface area contributed by atoms with Crippen molar-refractivity contribution in [2.75, 3.05) is 19.0 Å². The Bertz CT molecular complexity index is 970. The maximum absolute atomic E-state index is 12.4. The molecule has 1 aliphatic heterocycles. The number of anilines is 1. The van der Waals surface area contributed by atoms with E-state index in [1.807, 2.05) is 18.2 Å². The number of nitriles is 1. The molecule has 1 heterocycles. The first-order chi connectivity index (χ1) is 14.0. The van der Waals surface area contributed by atoms with Crippen LogP contribution in [0.4, 0.5) is 5.69 Å². The van der Waals surface area contributed by atoms with E-state index in [1.165, 1.54) is 24.4 Å². The molecule has 6 nitrogen and oxygen atoms in total. The zero-order valence-corrected chi connectivity index (χ0v) is 18.4. The SMILES string of the molecule is CCc1ccc(N[C@H]2NC(=O)/C(=C/c3cc(OC)c(OCC#N)cc3Br)S2)cc1. The van der Waals surface area contributed by atoms with Gasteiger partial charge in [-0.1, -0.05) is 46.7 Å². The summed E-state index contributed by atoms with van der Waals surface area (Å²) in [5, 5.41) is 14.9. The fourth-order valence-electron chi connectivity index (χ4n) is 2.74. The average molecular weight is 474 g/mol. The maximum atomic E-state index is 12.4. The van der Waals surface area contributed by atoms with Gasteiger partial charge in [-0.25, -0.2) is 0 Å². The van der Waals surface area contributed by atoms with E-state index in [0.29, 0.717) is 16.4 Å². The highest BCUT2D eigenvalue weighted by Crippen LogP contribution is 2.37. The summed E-state index contributed by atoms with van der Waals surface area (Å²) in [4.78, 5) is 13.0. The second kappa shape index (κ2) is 9.72. The molecular formula is C21H20BrN3O3S. The summed E-state index contributed by atoms with van der Waals surface area (Å²) in [6, 6.07) is 13.6. The number of benzene rings is 2. The number of nitrogens with zero attached hydrogens (tertiary/aromatic N) is 1. The van der Waals surface area contributed by atoms with Crippen molar-refractivity contribution >= 4 is 45.4 Å². The fourth-order valence-corrected chi connectivity index (χ4v) is 4.15. The molecule has 0 unspecified atom stereocenters. The highest BCUT2D eigenvalue weighted by Gasteiger charge is 2.27. The van der Waals surface area contributed by atoms with Crippen LogP contribution < -0.4 is 20.1 Å². The molecule has 0 aliphatic carbocycles. The molecule has 1 fully saturated rings. The molecule has 1 aliphatic rings. The molecule has 8 heteroatoms. The zero-order valence-electron chi connectivity index (χ0n) is 16.0. The van der Waals surface area contributed by atoms with Gasteiger partial charge < -0.3 is 20.1 Å². The second-order valence-electron chi connectivity index (χ2n) is 6.15. The Labute approximate surface area is 182 Å².